The van der Waals surface area contributed by atoms with Crippen molar-refractivity contribution in [3.05, 3.63) is 0 Å². The van der Waals surface area contributed by atoms with Crippen molar-refractivity contribution in [1.29, 1.82) is 0 Å². The Morgan fingerprint density at radius 3 is 2.18 bits per heavy atom. The minimum atomic E-state index is -0.112. The Hall–Kier alpha value is -1.06. The summed E-state index contributed by atoms with van der Waals surface area (Å²) in [5.41, 5.74) is 0. The van der Waals surface area contributed by atoms with Gasteiger partial charge in [-0.1, -0.05) is 13.8 Å². The second-order valence-corrected chi connectivity index (χ2v) is 3.96. The van der Waals surface area contributed by atoms with E-state index in [1.165, 1.54) is 0 Å². The van der Waals surface area contributed by atoms with Crippen molar-refractivity contribution < 1.29 is 14.3 Å². The van der Waals surface area contributed by atoms with Gasteiger partial charge in [-0.2, -0.15) is 0 Å². The third-order valence-corrected chi connectivity index (χ3v) is 2.82. The molecule has 0 spiro atoms. The largest absolute Gasteiger partial charge is 0.466 e. The molecule has 0 bridgehead atoms. The number of likely N-dealkylation sites (tertiary alicyclic amines) is 1. The van der Waals surface area contributed by atoms with Crippen LogP contribution in [0.15, 0.2) is 0 Å². The van der Waals surface area contributed by atoms with Crippen LogP contribution in [0.25, 0.3) is 0 Å². The number of rotatable bonds is 3. The highest BCUT2D eigenvalue weighted by atomic mass is 16.5. The van der Waals surface area contributed by atoms with E-state index in [0.717, 1.165) is 25.9 Å². The summed E-state index contributed by atoms with van der Waals surface area (Å²) in [4.78, 5) is 24.1. The fourth-order valence-electron chi connectivity index (χ4n) is 1.91. The molecule has 0 aliphatic carbocycles. The lowest BCUT2D eigenvalue weighted by molar-refractivity contribution is -0.144. The number of hydrogen-bond acceptors (Lipinski definition) is 3. The minimum Gasteiger partial charge on any atom is -0.466 e. The average Bonchev–Trinajstić information content (AvgIpc) is 2.32. The lowest BCUT2D eigenvalue weighted by atomic mass is 9.93. The minimum absolute atomic E-state index is 0.112. The van der Waals surface area contributed by atoms with E-state index in [-0.39, 0.29) is 11.9 Å². The van der Waals surface area contributed by atoms with Crippen molar-refractivity contribution in [2.45, 2.75) is 47.0 Å². The van der Waals surface area contributed by atoms with Crippen molar-refractivity contribution in [2.75, 3.05) is 19.7 Å². The van der Waals surface area contributed by atoms with Gasteiger partial charge in [0.05, 0.1) is 6.61 Å². The van der Waals surface area contributed by atoms with Crippen LogP contribution < -0.4 is 0 Å². The molecule has 1 fully saturated rings. The standard InChI is InChI=1S/C11H19NO3.C2H6/c1-3-15-11(14)8-10-4-6-12(7-5-10)9(2)13;1-2/h10H,3-8H2,1-2H3;1-2H3. The zero-order chi connectivity index (χ0) is 13.3. The Morgan fingerprint density at radius 2 is 1.76 bits per heavy atom. The second kappa shape index (κ2) is 9.02. The van der Waals surface area contributed by atoms with Crippen LogP contribution in [0.3, 0.4) is 0 Å². The molecule has 1 amide bonds. The van der Waals surface area contributed by atoms with Gasteiger partial charge in [0.25, 0.3) is 0 Å². The number of piperidine rings is 1. The smallest absolute Gasteiger partial charge is 0.306 e. The van der Waals surface area contributed by atoms with E-state index in [2.05, 4.69) is 0 Å². The lowest BCUT2D eigenvalue weighted by Gasteiger charge is -2.30. The highest BCUT2D eigenvalue weighted by molar-refractivity contribution is 5.73. The topological polar surface area (TPSA) is 46.6 Å². The number of carbonyl (C=O) groups is 2. The van der Waals surface area contributed by atoms with Crippen molar-refractivity contribution in [3.63, 3.8) is 0 Å². The fourth-order valence-corrected chi connectivity index (χ4v) is 1.91. The first-order valence-electron chi connectivity index (χ1n) is 6.54. The lowest BCUT2D eigenvalue weighted by Crippen LogP contribution is -2.37. The first-order chi connectivity index (χ1) is 8.13. The second-order valence-electron chi connectivity index (χ2n) is 3.96. The summed E-state index contributed by atoms with van der Waals surface area (Å²) >= 11 is 0. The Balaban J connectivity index is 0.00000121. The van der Waals surface area contributed by atoms with E-state index in [1.807, 2.05) is 25.7 Å². The maximum absolute atomic E-state index is 11.2. The first kappa shape index (κ1) is 15.9. The van der Waals surface area contributed by atoms with Gasteiger partial charge in [-0.25, -0.2) is 0 Å². The molecule has 0 aromatic carbocycles. The van der Waals surface area contributed by atoms with Gasteiger partial charge in [0.15, 0.2) is 0 Å². The number of nitrogens with zero attached hydrogens (tertiary/aromatic N) is 1. The number of esters is 1. The molecule has 17 heavy (non-hydrogen) atoms. The van der Waals surface area contributed by atoms with Crippen LogP contribution in [0.5, 0.6) is 0 Å². The van der Waals surface area contributed by atoms with E-state index in [4.69, 9.17) is 4.74 Å². The molecule has 1 saturated heterocycles. The molecule has 0 saturated carbocycles. The van der Waals surface area contributed by atoms with Crippen LogP contribution in [0.1, 0.15) is 47.0 Å². The summed E-state index contributed by atoms with van der Waals surface area (Å²) in [6.07, 6.45) is 2.33. The van der Waals surface area contributed by atoms with Gasteiger partial charge >= 0.3 is 5.97 Å². The Morgan fingerprint density at radius 1 is 1.24 bits per heavy atom. The normalized spacial score (nSPS) is 15.9. The molecule has 1 rings (SSSR count). The molecule has 1 aliphatic rings. The van der Waals surface area contributed by atoms with E-state index < -0.39 is 0 Å². The van der Waals surface area contributed by atoms with E-state index >= 15 is 0 Å². The molecule has 0 aromatic rings. The van der Waals surface area contributed by atoms with Gasteiger partial charge in [0.1, 0.15) is 0 Å². The Labute approximate surface area is 104 Å². The predicted molar refractivity (Wildman–Crippen MR) is 67.6 cm³/mol. The van der Waals surface area contributed by atoms with Crippen molar-refractivity contribution in [1.82, 2.24) is 4.90 Å². The maximum atomic E-state index is 11.2. The highest BCUT2D eigenvalue weighted by Crippen LogP contribution is 2.20. The summed E-state index contributed by atoms with van der Waals surface area (Å²) in [6, 6.07) is 0. The summed E-state index contributed by atoms with van der Waals surface area (Å²) in [6.45, 7) is 9.41. The maximum Gasteiger partial charge on any atom is 0.306 e. The van der Waals surface area contributed by atoms with E-state index in [9.17, 15) is 9.59 Å². The Bertz CT molecular complexity index is 233. The summed E-state index contributed by atoms with van der Waals surface area (Å²) < 4.78 is 4.90. The molecule has 0 aromatic heterocycles. The molecule has 0 radical (unpaired) electrons. The van der Waals surface area contributed by atoms with Crippen LogP contribution in [0.4, 0.5) is 0 Å². The number of amides is 1. The molecule has 0 N–H and O–H groups in total. The molecule has 100 valence electrons. The fraction of sp³-hybridized carbons (Fsp3) is 0.846. The van der Waals surface area contributed by atoms with Gasteiger partial charge in [0.2, 0.25) is 5.91 Å². The molecule has 4 heteroatoms. The van der Waals surface area contributed by atoms with E-state index in [1.54, 1.807) is 6.92 Å². The van der Waals surface area contributed by atoms with Gasteiger partial charge in [-0.05, 0) is 25.7 Å². The summed E-state index contributed by atoms with van der Waals surface area (Å²) in [5, 5.41) is 0. The van der Waals surface area contributed by atoms with Crippen molar-refractivity contribution in [2.24, 2.45) is 5.92 Å². The molecular weight excluding hydrogens is 218 g/mol. The average molecular weight is 243 g/mol. The van der Waals surface area contributed by atoms with Crippen LogP contribution in [0, 0.1) is 5.92 Å². The summed E-state index contributed by atoms with van der Waals surface area (Å²) in [5.74, 6) is 0.406. The van der Waals surface area contributed by atoms with Gasteiger partial charge in [-0.15, -0.1) is 0 Å². The quantitative estimate of drug-likeness (QED) is 0.714. The van der Waals surface area contributed by atoms with Crippen molar-refractivity contribution in [3.8, 4) is 0 Å². The third kappa shape index (κ3) is 6.29. The first-order valence-corrected chi connectivity index (χ1v) is 6.54. The van der Waals surface area contributed by atoms with Crippen LogP contribution in [0.2, 0.25) is 0 Å². The zero-order valence-corrected chi connectivity index (χ0v) is 11.5. The van der Waals surface area contributed by atoms with Crippen LogP contribution in [-0.4, -0.2) is 36.5 Å². The number of hydrogen-bond donors (Lipinski definition) is 0. The highest BCUT2D eigenvalue weighted by Gasteiger charge is 2.22. The molecule has 1 aliphatic heterocycles. The van der Waals surface area contributed by atoms with E-state index in [0.29, 0.717) is 18.9 Å². The predicted octanol–water partition coefficient (Wildman–Crippen LogP) is 2.22. The molecular formula is C13H25NO3. The van der Waals surface area contributed by atoms with Gasteiger partial charge in [0, 0.05) is 26.4 Å². The summed E-state index contributed by atoms with van der Waals surface area (Å²) in [7, 11) is 0. The number of ether oxygens (including phenoxy) is 1. The van der Waals surface area contributed by atoms with Crippen LogP contribution in [-0.2, 0) is 14.3 Å². The monoisotopic (exact) mass is 243 g/mol. The zero-order valence-electron chi connectivity index (χ0n) is 11.5. The molecule has 0 unspecified atom stereocenters. The molecule has 0 atom stereocenters. The van der Waals surface area contributed by atoms with Crippen molar-refractivity contribution >= 4 is 11.9 Å². The molecule has 1 heterocycles. The Kier molecular flexibility index (Phi) is 8.46. The number of carbonyl (C=O) groups excluding carboxylic acids is 2. The van der Waals surface area contributed by atoms with Crippen LogP contribution >= 0.6 is 0 Å². The molecule has 4 nitrogen and oxygen atoms in total. The van der Waals surface area contributed by atoms with Gasteiger partial charge < -0.3 is 9.64 Å². The third-order valence-electron chi connectivity index (χ3n) is 2.82. The SMILES string of the molecule is CC.CCOC(=O)CC1CCN(C(C)=O)CC1. The van der Waals surface area contributed by atoms with Gasteiger partial charge in [-0.3, -0.25) is 9.59 Å².